The first-order chi connectivity index (χ1) is 7.12. The standard InChI is InChI=1S/C11H21NO3S/c1-10(2,3)9-11(7-12-9)5-8(6-11)15-16(4,13)14/h8-9,12H,5-7H2,1-4H3. The number of nitrogens with one attached hydrogen (secondary N) is 1. The molecule has 16 heavy (non-hydrogen) atoms. The maximum absolute atomic E-state index is 11.0. The Hall–Kier alpha value is -0.130. The largest absolute Gasteiger partial charge is 0.312 e. The molecule has 4 nitrogen and oxygen atoms in total. The molecule has 1 N–H and O–H groups in total. The minimum absolute atomic E-state index is 0.0954. The summed E-state index contributed by atoms with van der Waals surface area (Å²) in [5.74, 6) is 0. The average molecular weight is 247 g/mol. The van der Waals surface area contributed by atoms with Crippen molar-refractivity contribution >= 4 is 10.1 Å². The summed E-state index contributed by atoms with van der Waals surface area (Å²) in [5.41, 5.74) is 0.516. The molecule has 0 radical (unpaired) electrons. The summed E-state index contributed by atoms with van der Waals surface area (Å²) in [7, 11) is -3.29. The minimum atomic E-state index is -3.29. The zero-order chi connectivity index (χ0) is 12.2. The van der Waals surface area contributed by atoms with E-state index in [1.165, 1.54) is 0 Å². The van der Waals surface area contributed by atoms with E-state index >= 15 is 0 Å². The van der Waals surface area contributed by atoms with Crippen LogP contribution in [0.5, 0.6) is 0 Å². The van der Waals surface area contributed by atoms with Crippen molar-refractivity contribution in [1.29, 1.82) is 0 Å². The van der Waals surface area contributed by atoms with Gasteiger partial charge in [0.1, 0.15) is 0 Å². The molecule has 5 heteroatoms. The molecular formula is C11H21NO3S. The molecule has 1 unspecified atom stereocenters. The normalized spacial score (nSPS) is 39.2. The third kappa shape index (κ3) is 2.13. The van der Waals surface area contributed by atoms with Crippen molar-refractivity contribution in [3.05, 3.63) is 0 Å². The van der Waals surface area contributed by atoms with Crippen molar-refractivity contribution < 1.29 is 12.6 Å². The molecule has 1 atom stereocenters. The van der Waals surface area contributed by atoms with Gasteiger partial charge in [0, 0.05) is 18.0 Å². The summed E-state index contributed by atoms with van der Waals surface area (Å²) in [4.78, 5) is 0. The molecule has 0 amide bonds. The fraction of sp³-hybridized carbons (Fsp3) is 1.00. The molecule has 1 aliphatic carbocycles. The van der Waals surface area contributed by atoms with E-state index in [1.54, 1.807) is 0 Å². The van der Waals surface area contributed by atoms with Gasteiger partial charge in [-0.05, 0) is 18.3 Å². The Morgan fingerprint density at radius 2 is 1.88 bits per heavy atom. The number of rotatable bonds is 2. The number of hydrogen-bond donors (Lipinski definition) is 1. The van der Waals surface area contributed by atoms with Crippen LogP contribution in [0.4, 0.5) is 0 Å². The second-order valence-corrected chi connectivity index (χ2v) is 7.97. The van der Waals surface area contributed by atoms with Crippen molar-refractivity contribution in [3.63, 3.8) is 0 Å². The van der Waals surface area contributed by atoms with E-state index in [0.717, 1.165) is 25.6 Å². The SMILES string of the molecule is CC(C)(C)C1NCC12CC(OS(C)(=O)=O)C2. The zero-order valence-corrected chi connectivity index (χ0v) is 11.2. The van der Waals surface area contributed by atoms with Crippen molar-refractivity contribution in [2.24, 2.45) is 10.8 Å². The fourth-order valence-electron chi connectivity index (χ4n) is 3.26. The fourth-order valence-corrected chi connectivity index (χ4v) is 3.89. The van der Waals surface area contributed by atoms with E-state index in [-0.39, 0.29) is 16.9 Å². The van der Waals surface area contributed by atoms with Gasteiger partial charge in [-0.15, -0.1) is 0 Å². The average Bonchev–Trinajstić information content (AvgIpc) is 1.86. The highest BCUT2D eigenvalue weighted by Gasteiger charge is 2.59. The van der Waals surface area contributed by atoms with E-state index < -0.39 is 10.1 Å². The Morgan fingerprint density at radius 1 is 1.31 bits per heavy atom. The molecule has 1 saturated heterocycles. The lowest BCUT2D eigenvalue weighted by Gasteiger charge is -2.63. The monoisotopic (exact) mass is 247 g/mol. The highest BCUT2D eigenvalue weighted by atomic mass is 32.2. The van der Waals surface area contributed by atoms with Crippen LogP contribution in [-0.4, -0.2) is 33.4 Å². The molecule has 1 saturated carbocycles. The van der Waals surface area contributed by atoms with Gasteiger partial charge in [-0.25, -0.2) is 0 Å². The molecule has 0 aromatic rings. The van der Waals surface area contributed by atoms with Crippen molar-refractivity contribution in [2.45, 2.75) is 45.8 Å². The van der Waals surface area contributed by atoms with E-state index in [1.807, 2.05) is 0 Å². The zero-order valence-electron chi connectivity index (χ0n) is 10.4. The molecule has 0 bridgehead atoms. The maximum Gasteiger partial charge on any atom is 0.264 e. The smallest absolute Gasteiger partial charge is 0.264 e. The highest BCUT2D eigenvalue weighted by molar-refractivity contribution is 7.86. The maximum atomic E-state index is 11.0. The molecule has 1 aliphatic heterocycles. The summed E-state index contributed by atoms with van der Waals surface area (Å²) < 4.78 is 27.0. The lowest BCUT2D eigenvalue weighted by atomic mass is 9.52. The van der Waals surface area contributed by atoms with E-state index in [0.29, 0.717) is 6.04 Å². The summed E-state index contributed by atoms with van der Waals surface area (Å²) in [6.07, 6.45) is 2.77. The van der Waals surface area contributed by atoms with Gasteiger partial charge in [0.2, 0.25) is 0 Å². The van der Waals surface area contributed by atoms with Crippen LogP contribution in [0.3, 0.4) is 0 Å². The van der Waals surface area contributed by atoms with E-state index in [9.17, 15) is 8.42 Å². The van der Waals surface area contributed by atoms with Crippen molar-refractivity contribution in [2.75, 3.05) is 12.8 Å². The second-order valence-electron chi connectivity index (χ2n) is 6.37. The Balaban J connectivity index is 1.93. The Kier molecular flexibility index (Phi) is 2.64. The molecule has 2 aliphatic rings. The molecular weight excluding hydrogens is 226 g/mol. The summed E-state index contributed by atoms with van der Waals surface area (Å²) >= 11 is 0. The van der Waals surface area contributed by atoms with Gasteiger partial charge in [-0.1, -0.05) is 20.8 Å². The summed E-state index contributed by atoms with van der Waals surface area (Å²) in [5, 5.41) is 3.46. The molecule has 2 rings (SSSR count). The topological polar surface area (TPSA) is 55.4 Å². The molecule has 2 fully saturated rings. The minimum Gasteiger partial charge on any atom is -0.312 e. The molecule has 1 spiro atoms. The molecule has 94 valence electrons. The third-order valence-electron chi connectivity index (χ3n) is 3.72. The van der Waals surface area contributed by atoms with Crippen LogP contribution < -0.4 is 5.32 Å². The van der Waals surface area contributed by atoms with Gasteiger partial charge in [0.05, 0.1) is 12.4 Å². The lowest BCUT2D eigenvalue weighted by molar-refractivity contribution is -0.116. The lowest BCUT2D eigenvalue weighted by Crippen LogP contribution is -2.73. The van der Waals surface area contributed by atoms with Crippen molar-refractivity contribution in [3.8, 4) is 0 Å². The van der Waals surface area contributed by atoms with E-state index in [4.69, 9.17) is 4.18 Å². The van der Waals surface area contributed by atoms with E-state index in [2.05, 4.69) is 26.1 Å². The van der Waals surface area contributed by atoms with Crippen LogP contribution >= 0.6 is 0 Å². The summed E-state index contributed by atoms with van der Waals surface area (Å²) in [6, 6.07) is 0.486. The molecule has 0 aromatic heterocycles. The van der Waals surface area contributed by atoms with Crippen LogP contribution in [0.15, 0.2) is 0 Å². The van der Waals surface area contributed by atoms with Crippen LogP contribution in [-0.2, 0) is 14.3 Å². The number of hydrogen-bond acceptors (Lipinski definition) is 4. The predicted molar refractivity (Wildman–Crippen MR) is 62.6 cm³/mol. The Morgan fingerprint density at radius 3 is 2.19 bits per heavy atom. The first-order valence-electron chi connectivity index (χ1n) is 5.74. The van der Waals surface area contributed by atoms with Crippen LogP contribution in [0.2, 0.25) is 0 Å². The highest BCUT2D eigenvalue weighted by Crippen LogP contribution is 2.54. The van der Waals surface area contributed by atoms with Gasteiger partial charge in [-0.2, -0.15) is 8.42 Å². The molecule has 0 aromatic carbocycles. The Bertz CT molecular complexity index is 377. The van der Waals surface area contributed by atoms with Gasteiger partial charge < -0.3 is 5.32 Å². The van der Waals surface area contributed by atoms with Crippen LogP contribution in [0, 0.1) is 10.8 Å². The van der Waals surface area contributed by atoms with Gasteiger partial charge in [0.15, 0.2) is 0 Å². The third-order valence-corrected chi connectivity index (χ3v) is 4.34. The van der Waals surface area contributed by atoms with Gasteiger partial charge >= 0.3 is 0 Å². The first kappa shape index (κ1) is 12.3. The van der Waals surface area contributed by atoms with Gasteiger partial charge in [-0.3, -0.25) is 4.18 Å². The predicted octanol–water partition coefficient (Wildman–Crippen LogP) is 1.13. The quantitative estimate of drug-likeness (QED) is 0.743. The van der Waals surface area contributed by atoms with Crippen molar-refractivity contribution in [1.82, 2.24) is 5.32 Å². The summed E-state index contributed by atoms with van der Waals surface area (Å²) in [6.45, 7) is 7.65. The molecule has 1 heterocycles. The first-order valence-corrected chi connectivity index (χ1v) is 7.56. The Labute approximate surface area is 97.9 Å². The van der Waals surface area contributed by atoms with Gasteiger partial charge in [0.25, 0.3) is 10.1 Å². The second kappa shape index (κ2) is 3.43. The van der Waals surface area contributed by atoms with Crippen LogP contribution in [0.1, 0.15) is 33.6 Å². The van der Waals surface area contributed by atoms with Crippen LogP contribution in [0.25, 0.3) is 0 Å².